The molecule has 162 valence electrons. The molecular formula is C22H23ClN4O4. The first-order valence-corrected chi connectivity index (χ1v) is 10.4. The monoisotopic (exact) mass is 442 g/mol. The molecule has 2 heterocycles. The molecule has 1 atom stereocenters. The van der Waals surface area contributed by atoms with Crippen molar-refractivity contribution in [1.82, 2.24) is 14.9 Å². The molecule has 2 N–H and O–H groups in total. The van der Waals surface area contributed by atoms with Gasteiger partial charge in [-0.15, -0.1) is 0 Å². The molecule has 3 aromatic rings. The van der Waals surface area contributed by atoms with Crippen LogP contribution in [0.2, 0.25) is 5.02 Å². The smallest absolute Gasteiger partial charge is 0.262 e. The number of nitrogens with zero attached hydrogens (tertiary/aromatic N) is 2. The Bertz CT molecular complexity index is 1110. The van der Waals surface area contributed by atoms with Gasteiger partial charge in [-0.3, -0.25) is 9.59 Å². The van der Waals surface area contributed by atoms with E-state index in [1.807, 2.05) is 17.7 Å². The van der Waals surface area contributed by atoms with E-state index in [1.165, 1.54) is 0 Å². The number of benzene rings is 2. The normalized spacial score (nSPS) is 15.7. The van der Waals surface area contributed by atoms with Gasteiger partial charge in [-0.2, -0.15) is 0 Å². The van der Waals surface area contributed by atoms with Crippen molar-refractivity contribution in [3.63, 3.8) is 0 Å². The topological polar surface area (TPSA) is 94.5 Å². The maximum atomic E-state index is 12.2. The van der Waals surface area contributed by atoms with Gasteiger partial charge in [0.1, 0.15) is 17.7 Å². The largest absolute Gasteiger partial charge is 0.482 e. The number of carbonyl (C=O) groups excluding carboxylic acids is 2. The number of aryl methyl sites for hydroxylation is 1. The molecule has 1 saturated heterocycles. The lowest BCUT2D eigenvalue weighted by Gasteiger charge is -2.10. The number of halogens is 1. The molecule has 9 heteroatoms. The second kappa shape index (κ2) is 9.36. The zero-order valence-corrected chi connectivity index (χ0v) is 17.8. The van der Waals surface area contributed by atoms with Gasteiger partial charge in [-0.1, -0.05) is 23.7 Å². The van der Waals surface area contributed by atoms with Crippen LogP contribution in [0.25, 0.3) is 11.0 Å². The molecule has 4 rings (SSSR count). The number of hydrogen-bond donors (Lipinski definition) is 2. The number of carbonyl (C=O) groups is 2. The molecule has 0 radical (unpaired) electrons. The van der Waals surface area contributed by atoms with E-state index in [0.717, 1.165) is 18.4 Å². The molecule has 0 spiro atoms. The molecule has 0 aliphatic carbocycles. The SMILES string of the molecule is Cn1c(CNC(=O)[C@H]2CCCO2)nc2cc(NC(=O)COc3ccccc3Cl)ccc21. The average Bonchev–Trinajstić information content (AvgIpc) is 3.40. The van der Waals surface area contributed by atoms with Crippen molar-refractivity contribution in [3.05, 3.63) is 53.3 Å². The summed E-state index contributed by atoms with van der Waals surface area (Å²) in [5, 5.41) is 6.13. The summed E-state index contributed by atoms with van der Waals surface area (Å²) < 4.78 is 12.8. The van der Waals surface area contributed by atoms with Crippen molar-refractivity contribution in [2.45, 2.75) is 25.5 Å². The van der Waals surface area contributed by atoms with Gasteiger partial charge < -0.3 is 24.7 Å². The molecule has 1 aromatic heterocycles. The lowest BCUT2D eigenvalue weighted by Crippen LogP contribution is -2.34. The first kappa shape index (κ1) is 21.1. The predicted molar refractivity (Wildman–Crippen MR) is 117 cm³/mol. The van der Waals surface area contributed by atoms with Gasteiger partial charge >= 0.3 is 0 Å². The Morgan fingerprint density at radius 2 is 2.13 bits per heavy atom. The van der Waals surface area contributed by atoms with Crippen molar-refractivity contribution < 1.29 is 19.1 Å². The lowest BCUT2D eigenvalue weighted by molar-refractivity contribution is -0.130. The minimum absolute atomic E-state index is 0.115. The number of fused-ring (bicyclic) bond motifs is 1. The van der Waals surface area contributed by atoms with Crippen molar-refractivity contribution in [1.29, 1.82) is 0 Å². The Hall–Kier alpha value is -3.10. The first-order chi connectivity index (χ1) is 15.0. The number of hydrogen-bond acceptors (Lipinski definition) is 5. The van der Waals surface area contributed by atoms with Gasteiger partial charge in [0, 0.05) is 19.3 Å². The summed E-state index contributed by atoms with van der Waals surface area (Å²) in [4.78, 5) is 29.0. The summed E-state index contributed by atoms with van der Waals surface area (Å²) in [5.74, 6) is 0.747. The highest BCUT2D eigenvalue weighted by molar-refractivity contribution is 6.32. The van der Waals surface area contributed by atoms with Gasteiger partial charge in [0.15, 0.2) is 6.61 Å². The van der Waals surface area contributed by atoms with Gasteiger partial charge in [0.2, 0.25) is 5.91 Å². The second-order valence-corrected chi connectivity index (χ2v) is 7.68. The molecule has 31 heavy (non-hydrogen) atoms. The summed E-state index contributed by atoms with van der Waals surface area (Å²) in [7, 11) is 1.89. The van der Waals surface area contributed by atoms with E-state index >= 15 is 0 Å². The molecule has 8 nitrogen and oxygen atoms in total. The van der Waals surface area contributed by atoms with Crippen LogP contribution in [0, 0.1) is 0 Å². The molecule has 2 amide bonds. The summed E-state index contributed by atoms with van der Waals surface area (Å²) in [6.07, 6.45) is 1.28. The molecule has 0 saturated carbocycles. The Kier molecular flexibility index (Phi) is 6.39. The number of amides is 2. The minimum atomic E-state index is -0.371. The fourth-order valence-corrected chi connectivity index (χ4v) is 3.64. The third-order valence-corrected chi connectivity index (χ3v) is 5.41. The standard InChI is InChI=1S/C22H23ClN4O4/c1-27-17-9-8-14(25-21(28)13-31-18-6-3-2-5-15(18)23)11-16(17)26-20(27)12-24-22(29)19-7-4-10-30-19/h2-3,5-6,8-9,11,19H,4,7,10,12-13H2,1H3,(H,24,29)(H,25,28)/t19-/m1/s1. The molecular weight excluding hydrogens is 420 g/mol. The molecule has 1 aliphatic rings. The maximum absolute atomic E-state index is 12.2. The minimum Gasteiger partial charge on any atom is -0.482 e. The number of imidazole rings is 1. The number of aromatic nitrogens is 2. The van der Waals surface area contributed by atoms with E-state index < -0.39 is 0 Å². The summed E-state index contributed by atoms with van der Waals surface area (Å²) in [6.45, 7) is 0.768. The first-order valence-electron chi connectivity index (χ1n) is 10.0. The molecule has 1 fully saturated rings. The van der Waals surface area contributed by atoms with Crippen LogP contribution in [-0.2, 0) is 27.9 Å². The van der Waals surface area contributed by atoms with E-state index in [2.05, 4.69) is 15.6 Å². The van der Waals surface area contributed by atoms with E-state index in [-0.39, 0.29) is 24.5 Å². The third kappa shape index (κ3) is 4.98. The molecule has 1 aliphatic heterocycles. The van der Waals surface area contributed by atoms with Crippen LogP contribution in [0.15, 0.2) is 42.5 Å². The second-order valence-electron chi connectivity index (χ2n) is 7.28. The highest BCUT2D eigenvalue weighted by Gasteiger charge is 2.23. The summed E-state index contributed by atoms with van der Waals surface area (Å²) >= 11 is 6.03. The van der Waals surface area contributed by atoms with E-state index in [0.29, 0.717) is 41.0 Å². The van der Waals surface area contributed by atoms with Gasteiger partial charge in [-0.25, -0.2) is 4.98 Å². The number of para-hydroxylation sites is 1. The highest BCUT2D eigenvalue weighted by Crippen LogP contribution is 2.23. The summed E-state index contributed by atoms with van der Waals surface area (Å²) in [6, 6.07) is 12.4. The quantitative estimate of drug-likeness (QED) is 0.586. The average molecular weight is 443 g/mol. The van der Waals surface area contributed by atoms with E-state index in [4.69, 9.17) is 21.1 Å². The summed E-state index contributed by atoms with van der Waals surface area (Å²) in [5.41, 5.74) is 2.22. The Morgan fingerprint density at radius 1 is 1.29 bits per heavy atom. The Morgan fingerprint density at radius 3 is 2.90 bits per heavy atom. The number of anilines is 1. The Balaban J connectivity index is 1.37. The van der Waals surface area contributed by atoms with Crippen LogP contribution < -0.4 is 15.4 Å². The van der Waals surface area contributed by atoms with Gasteiger partial charge in [-0.05, 0) is 43.2 Å². The van der Waals surface area contributed by atoms with Crippen molar-refractivity contribution in [2.24, 2.45) is 7.05 Å². The molecule has 0 unspecified atom stereocenters. The fourth-order valence-electron chi connectivity index (χ4n) is 3.45. The lowest BCUT2D eigenvalue weighted by atomic mass is 10.2. The Labute approximate surface area is 184 Å². The zero-order valence-electron chi connectivity index (χ0n) is 17.1. The van der Waals surface area contributed by atoms with Crippen molar-refractivity contribution in [3.8, 4) is 5.75 Å². The van der Waals surface area contributed by atoms with Crippen LogP contribution in [0.1, 0.15) is 18.7 Å². The third-order valence-electron chi connectivity index (χ3n) is 5.10. The van der Waals surface area contributed by atoms with Crippen LogP contribution in [-0.4, -0.2) is 40.7 Å². The molecule has 0 bridgehead atoms. The van der Waals surface area contributed by atoms with Crippen LogP contribution in [0.3, 0.4) is 0 Å². The predicted octanol–water partition coefficient (Wildman–Crippen LogP) is 3.04. The number of rotatable bonds is 7. The van der Waals surface area contributed by atoms with Gasteiger partial charge in [0.05, 0.1) is 22.6 Å². The van der Waals surface area contributed by atoms with Crippen LogP contribution in [0.4, 0.5) is 5.69 Å². The molecule has 2 aromatic carbocycles. The maximum Gasteiger partial charge on any atom is 0.262 e. The van der Waals surface area contributed by atoms with Crippen LogP contribution in [0.5, 0.6) is 5.75 Å². The van der Waals surface area contributed by atoms with E-state index in [9.17, 15) is 9.59 Å². The van der Waals surface area contributed by atoms with Crippen molar-refractivity contribution in [2.75, 3.05) is 18.5 Å². The van der Waals surface area contributed by atoms with Crippen molar-refractivity contribution >= 4 is 40.1 Å². The number of ether oxygens (including phenoxy) is 2. The zero-order chi connectivity index (χ0) is 21.8. The highest BCUT2D eigenvalue weighted by atomic mass is 35.5. The number of nitrogens with one attached hydrogen (secondary N) is 2. The fraction of sp³-hybridized carbons (Fsp3) is 0.318. The van der Waals surface area contributed by atoms with Gasteiger partial charge in [0.25, 0.3) is 5.91 Å². The van der Waals surface area contributed by atoms with Crippen LogP contribution >= 0.6 is 11.6 Å². The van der Waals surface area contributed by atoms with E-state index in [1.54, 1.807) is 36.4 Å².